The Balaban J connectivity index is 1.29. The fourth-order valence-corrected chi connectivity index (χ4v) is 4.42. The van der Waals surface area contributed by atoms with Crippen LogP contribution in [0.2, 0.25) is 0 Å². The highest BCUT2D eigenvalue weighted by molar-refractivity contribution is 5.55. The topological polar surface area (TPSA) is 70.5 Å². The fraction of sp³-hybridized carbons (Fsp3) is 0.600. The Hall–Kier alpha value is -2.48. The Labute approximate surface area is 165 Å². The fourth-order valence-electron chi connectivity index (χ4n) is 4.42. The lowest BCUT2D eigenvalue weighted by atomic mass is 10.2. The number of hydrogen-bond donors (Lipinski definition) is 0. The number of aromatic nitrogens is 4. The predicted octanol–water partition coefficient (Wildman–Crippen LogP) is 1.23. The van der Waals surface area contributed by atoms with Gasteiger partial charge >= 0.3 is 0 Å². The lowest BCUT2D eigenvalue weighted by molar-refractivity contribution is 0.122. The molecule has 0 amide bonds. The van der Waals surface area contributed by atoms with Gasteiger partial charge < -0.3 is 19.4 Å². The highest BCUT2D eigenvalue weighted by atomic mass is 16.5. The summed E-state index contributed by atoms with van der Waals surface area (Å²) in [7, 11) is 0. The number of ether oxygens (including phenoxy) is 1. The van der Waals surface area contributed by atoms with Crippen LogP contribution in [-0.4, -0.2) is 72.4 Å². The van der Waals surface area contributed by atoms with Gasteiger partial charge in [0.1, 0.15) is 29.6 Å². The second-order valence-electron chi connectivity index (χ2n) is 7.68. The molecule has 148 valence electrons. The van der Waals surface area contributed by atoms with Gasteiger partial charge in [0.25, 0.3) is 0 Å². The van der Waals surface area contributed by atoms with Crippen LogP contribution < -0.4 is 14.7 Å². The number of morpholine rings is 1. The van der Waals surface area contributed by atoms with Crippen molar-refractivity contribution < 1.29 is 4.74 Å². The van der Waals surface area contributed by atoms with Gasteiger partial charge in [-0.1, -0.05) is 0 Å². The van der Waals surface area contributed by atoms with Gasteiger partial charge in [0, 0.05) is 56.6 Å². The molecule has 0 bridgehead atoms. The molecule has 2 aliphatic heterocycles. The number of fused-ring (bicyclic) bond motifs is 1. The minimum Gasteiger partial charge on any atom is -0.378 e. The average Bonchev–Trinajstić information content (AvgIpc) is 3.22. The third kappa shape index (κ3) is 3.37. The van der Waals surface area contributed by atoms with E-state index in [0.29, 0.717) is 0 Å². The van der Waals surface area contributed by atoms with Crippen LogP contribution >= 0.6 is 0 Å². The van der Waals surface area contributed by atoms with E-state index in [1.165, 1.54) is 17.7 Å². The maximum Gasteiger partial charge on any atom is 0.135 e. The Morgan fingerprint density at radius 3 is 2.25 bits per heavy atom. The summed E-state index contributed by atoms with van der Waals surface area (Å²) in [5, 5.41) is 0. The molecule has 8 heteroatoms. The molecule has 4 heterocycles. The highest BCUT2D eigenvalue weighted by Gasteiger charge is 2.26. The summed E-state index contributed by atoms with van der Waals surface area (Å²) in [5.41, 5.74) is 2.63. The zero-order valence-corrected chi connectivity index (χ0v) is 16.5. The van der Waals surface area contributed by atoms with Crippen molar-refractivity contribution in [3.8, 4) is 0 Å². The van der Waals surface area contributed by atoms with E-state index in [4.69, 9.17) is 9.72 Å². The number of piperazine rings is 1. The SMILES string of the molecule is Cc1nc2c(c(N3CCN(c4cc(N5CCOCC5)ncn4)CC3)n1)CCC2. The monoisotopic (exact) mass is 381 g/mol. The molecule has 2 saturated heterocycles. The summed E-state index contributed by atoms with van der Waals surface area (Å²) < 4.78 is 5.45. The van der Waals surface area contributed by atoms with Gasteiger partial charge in [0.05, 0.1) is 13.2 Å². The van der Waals surface area contributed by atoms with Crippen LogP contribution in [0.5, 0.6) is 0 Å². The number of hydrogen-bond acceptors (Lipinski definition) is 8. The smallest absolute Gasteiger partial charge is 0.135 e. The van der Waals surface area contributed by atoms with Gasteiger partial charge in [-0.25, -0.2) is 19.9 Å². The van der Waals surface area contributed by atoms with Crippen LogP contribution in [0.25, 0.3) is 0 Å². The van der Waals surface area contributed by atoms with Crippen molar-refractivity contribution in [3.63, 3.8) is 0 Å². The summed E-state index contributed by atoms with van der Waals surface area (Å²) in [5.74, 6) is 4.07. The first kappa shape index (κ1) is 17.6. The Morgan fingerprint density at radius 2 is 1.50 bits per heavy atom. The molecule has 2 aromatic heterocycles. The quantitative estimate of drug-likeness (QED) is 0.786. The molecule has 0 aromatic carbocycles. The van der Waals surface area contributed by atoms with E-state index in [0.717, 1.165) is 88.6 Å². The molecule has 2 fully saturated rings. The van der Waals surface area contributed by atoms with Crippen molar-refractivity contribution in [3.05, 3.63) is 29.5 Å². The molecule has 0 radical (unpaired) electrons. The molecule has 28 heavy (non-hydrogen) atoms. The van der Waals surface area contributed by atoms with E-state index in [2.05, 4.69) is 35.7 Å². The molecule has 5 rings (SSSR count). The lowest BCUT2D eigenvalue weighted by Gasteiger charge is -2.37. The Bertz CT molecular complexity index is 844. The van der Waals surface area contributed by atoms with Gasteiger partial charge in [-0.2, -0.15) is 0 Å². The van der Waals surface area contributed by atoms with Gasteiger partial charge in [0.15, 0.2) is 0 Å². The molecule has 1 aliphatic carbocycles. The average molecular weight is 381 g/mol. The van der Waals surface area contributed by atoms with E-state index in [9.17, 15) is 0 Å². The first-order chi connectivity index (χ1) is 13.8. The van der Waals surface area contributed by atoms with Crippen molar-refractivity contribution in [2.24, 2.45) is 0 Å². The van der Waals surface area contributed by atoms with Crippen LogP contribution in [0.15, 0.2) is 12.4 Å². The van der Waals surface area contributed by atoms with Crippen molar-refractivity contribution in [1.29, 1.82) is 0 Å². The Morgan fingerprint density at radius 1 is 0.821 bits per heavy atom. The van der Waals surface area contributed by atoms with Crippen LogP contribution in [0, 0.1) is 6.92 Å². The molecule has 0 spiro atoms. The van der Waals surface area contributed by atoms with Gasteiger partial charge in [-0.15, -0.1) is 0 Å². The first-order valence-electron chi connectivity index (χ1n) is 10.3. The summed E-state index contributed by atoms with van der Waals surface area (Å²) >= 11 is 0. The van der Waals surface area contributed by atoms with Crippen molar-refractivity contribution in [2.75, 3.05) is 67.2 Å². The standard InChI is InChI=1S/C20H27N7O/c1-15-23-17-4-2-3-16(17)20(24-15)27-7-5-25(6-8-27)18-13-19(22-14-21-18)26-9-11-28-12-10-26/h13-14H,2-12H2,1H3. The van der Waals surface area contributed by atoms with Crippen molar-refractivity contribution in [2.45, 2.75) is 26.2 Å². The number of nitrogens with zero attached hydrogens (tertiary/aromatic N) is 7. The second kappa shape index (κ2) is 7.50. The normalized spacial score (nSPS) is 19.8. The van der Waals surface area contributed by atoms with E-state index in [1.54, 1.807) is 6.33 Å². The summed E-state index contributed by atoms with van der Waals surface area (Å²) in [4.78, 5) is 25.5. The maximum absolute atomic E-state index is 5.45. The van der Waals surface area contributed by atoms with Crippen LogP contribution in [0.1, 0.15) is 23.5 Å². The number of rotatable bonds is 3. The molecule has 0 unspecified atom stereocenters. The van der Waals surface area contributed by atoms with Crippen LogP contribution in [-0.2, 0) is 17.6 Å². The van der Waals surface area contributed by atoms with Crippen LogP contribution in [0.4, 0.5) is 17.5 Å². The molecule has 0 saturated carbocycles. The second-order valence-corrected chi connectivity index (χ2v) is 7.68. The molecule has 0 N–H and O–H groups in total. The van der Waals surface area contributed by atoms with Gasteiger partial charge in [-0.05, 0) is 26.2 Å². The Kier molecular flexibility index (Phi) is 4.72. The molecular formula is C20H27N7O. The third-order valence-electron chi connectivity index (χ3n) is 5.90. The molecule has 2 aromatic rings. The maximum atomic E-state index is 5.45. The zero-order chi connectivity index (χ0) is 18.9. The molecule has 3 aliphatic rings. The van der Waals surface area contributed by atoms with E-state index >= 15 is 0 Å². The van der Waals surface area contributed by atoms with E-state index in [1.807, 2.05) is 6.92 Å². The first-order valence-corrected chi connectivity index (χ1v) is 10.3. The summed E-state index contributed by atoms with van der Waals surface area (Å²) in [6.07, 6.45) is 5.09. The molecule has 8 nitrogen and oxygen atoms in total. The number of anilines is 3. The number of aryl methyl sites for hydroxylation is 2. The largest absolute Gasteiger partial charge is 0.378 e. The van der Waals surface area contributed by atoms with Gasteiger partial charge in [0.2, 0.25) is 0 Å². The van der Waals surface area contributed by atoms with Crippen molar-refractivity contribution in [1.82, 2.24) is 19.9 Å². The predicted molar refractivity (Wildman–Crippen MR) is 108 cm³/mol. The zero-order valence-electron chi connectivity index (χ0n) is 16.5. The minimum atomic E-state index is 0.765. The van der Waals surface area contributed by atoms with Crippen LogP contribution in [0.3, 0.4) is 0 Å². The van der Waals surface area contributed by atoms with E-state index < -0.39 is 0 Å². The highest BCUT2D eigenvalue weighted by Crippen LogP contribution is 2.30. The van der Waals surface area contributed by atoms with Gasteiger partial charge in [-0.3, -0.25) is 0 Å². The van der Waals surface area contributed by atoms with Crippen molar-refractivity contribution >= 4 is 17.5 Å². The minimum absolute atomic E-state index is 0.765. The lowest BCUT2D eigenvalue weighted by Crippen LogP contribution is -2.47. The molecule has 0 atom stereocenters. The molecular weight excluding hydrogens is 354 g/mol. The summed E-state index contributed by atoms with van der Waals surface area (Å²) in [6, 6.07) is 2.12. The summed E-state index contributed by atoms with van der Waals surface area (Å²) in [6.45, 7) is 9.12. The third-order valence-corrected chi connectivity index (χ3v) is 5.90. The van der Waals surface area contributed by atoms with E-state index in [-0.39, 0.29) is 0 Å².